The summed E-state index contributed by atoms with van der Waals surface area (Å²) in [5.41, 5.74) is 1.60. The number of carbonyl (C=O) groups excluding carboxylic acids is 2. The Morgan fingerprint density at radius 1 is 1.31 bits per heavy atom. The number of nitrogens with one attached hydrogen (secondary N) is 2. The first kappa shape index (κ1) is 23.8. The minimum atomic E-state index is -1.42. The number of amides is 2. The minimum absolute atomic E-state index is 0.0368. The molecule has 2 atom stereocenters. The Bertz CT molecular complexity index is 977. The molecule has 0 radical (unpaired) electrons. The van der Waals surface area contributed by atoms with Crippen molar-refractivity contribution in [3.05, 3.63) is 64.3 Å². The zero-order valence-electron chi connectivity index (χ0n) is 17.7. The van der Waals surface area contributed by atoms with Crippen LogP contribution in [0.15, 0.2) is 53.5 Å². The molecule has 172 valence electrons. The van der Waals surface area contributed by atoms with E-state index in [9.17, 15) is 18.4 Å². The molecular weight excluding hydrogens is 442 g/mol. The summed E-state index contributed by atoms with van der Waals surface area (Å²) < 4.78 is 38.8. The molecule has 4 rings (SSSR count). The molecule has 2 unspecified atom stereocenters. The van der Waals surface area contributed by atoms with E-state index in [-0.39, 0.29) is 30.3 Å². The van der Waals surface area contributed by atoms with E-state index in [1.54, 1.807) is 6.08 Å². The van der Waals surface area contributed by atoms with Gasteiger partial charge in [-0.2, -0.15) is 0 Å². The molecule has 0 heterocycles. The lowest BCUT2D eigenvalue weighted by Gasteiger charge is -2.27. The summed E-state index contributed by atoms with van der Waals surface area (Å²) in [6, 6.07) is 3.88. The van der Waals surface area contributed by atoms with Crippen molar-refractivity contribution in [3.63, 3.8) is 0 Å². The molecule has 1 fully saturated rings. The molecule has 0 aromatic heterocycles. The summed E-state index contributed by atoms with van der Waals surface area (Å²) in [6.07, 6.45) is 2.58. The number of halogens is 3. The van der Waals surface area contributed by atoms with Gasteiger partial charge in [0.05, 0.1) is 18.1 Å². The van der Waals surface area contributed by atoms with Crippen LogP contribution in [0.5, 0.6) is 5.75 Å². The number of allylic oxidation sites excluding steroid dienone is 2. The average Bonchev–Trinajstić information content (AvgIpc) is 3.06. The normalized spacial score (nSPS) is 19.7. The van der Waals surface area contributed by atoms with E-state index < -0.39 is 29.7 Å². The van der Waals surface area contributed by atoms with Gasteiger partial charge in [-0.15, -0.1) is 0 Å². The minimum Gasteiger partial charge on any atom is -0.497 e. The fraction of sp³-hybridized carbons (Fsp3) is 0.391. The predicted octanol–water partition coefficient (Wildman–Crippen LogP) is 3.97. The monoisotopic (exact) mass is 466 g/mol. The van der Waals surface area contributed by atoms with Crippen molar-refractivity contribution in [2.24, 2.45) is 5.92 Å². The molecule has 9 heteroatoms. The number of rotatable bonds is 9. The molecule has 0 saturated heterocycles. The number of hydrogen-bond acceptors (Lipinski definition) is 4. The van der Waals surface area contributed by atoms with Gasteiger partial charge in [0, 0.05) is 30.3 Å². The van der Waals surface area contributed by atoms with Crippen LogP contribution in [-0.4, -0.2) is 38.2 Å². The van der Waals surface area contributed by atoms with Crippen LogP contribution in [0.1, 0.15) is 25.7 Å². The highest BCUT2D eigenvalue weighted by Crippen LogP contribution is 2.41. The van der Waals surface area contributed by atoms with Crippen LogP contribution in [0, 0.1) is 11.7 Å². The Kier molecular flexibility index (Phi) is 7.90. The Hall–Kier alpha value is -2.87. The molecule has 1 saturated carbocycles. The first-order valence-electron chi connectivity index (χ1n) is 10.2. The van der Waals surface area contributed by atoms with Crippen molar-refractivity contribution < 1.29 is 27.8 Å². The third kappa shape index (κ3) is 5.68. The average molecular weight is 467 g/mol. The summed E-state index contributed by atoms with van der Waals surface area (Å²) in [4.78, 5) is 24.6. The van der Waals surface area contributed by atoms with Gasteiger partial charge in [-0.1, -0.05) is 23.8 Å². The number of alkyl halides is 1. The first-order valence-corrected chi connectivity index (χ1v) is 10.6. The van der Waals surface area contributed by atoms with Gasteiger partial charge >= 0.3 is 0 Å². The summed E-state index contributed by atoms with van der Waals surface area (Å²) >= 11 is 5.59. The maximum atomic E-state index is 15.0. The molecule has 2 bridgehead atoms. The maximum Gasteiger partial charge on any atom is 0.257 e. The summed E-state index contributed by atoms with van der Waals surface area (Å²) in [7, 11) is 1.50. The molecule has 3 aliphatic carbocycles. The van der Waals surface area contributed by atoms with Crippen LogP contribution >= 0.6 is 11.6 Å². The van der Waals surface area contributed by atoms with E-state index in [1.165, 1.54) is 19.2 Å². The van der Waals surface area contributed by atoms with Crippen LogP contribution in [-0.2, 0) is 14.3 Å². The summed E-state index contributed by atoms with van der Waals surface area (Å²) in [6.45, 7) is 3.68. The lowest BCUT2D eigenvalue weighted by molar-refractivity contribution is -0.124. The second kappa shape index (κ2) is 10.6. The lowest BCUT2D eigenvalue weighted by atomic mass is 9.85. The summed E-state index contributed by atoms with van der Waals surface area (Å²) in [5, 5.41) is 5.23. The van der Waals surface area contributed by atoms with E-state index >= 15 is 0 Å². The Balaban J connectivity index is 1.42. The van der Waals surface area contributed by atoms with E-state index in [1.807, 2.05) is 0 Å². The van der Waals surface area contributed by atoms with Crippen molar-refractivity contribution in [3.8, 4) is 5.75 Å². The van der Waals surface area contributed by atoms with Gasteiger partial charge in [0.25, 0.3) is 5.91 Å². The van der Waals surface area contributed by atoms with Crippen molar-refractivity contribution in [1.29, 1.82) is 0 Å². The van der Waals surface area contributed by atoms with Gasteiger partial charge < -0.3 is 20.1 Å². The summed E-state index contributed by atoms with van der Waals surface area (Å²) in [5.74, 6) is -1.72. The number of hydrogen-bond donors (Lipinski definition) is 2. The molecule has 0 aliphatic heterocycles. The van der Waals surface area contributed by atoms with Gasteiger partial charge in [0.2, 0.25) is 5.91 Å². The third-order valence-corrected chi connectivity index (χ3v) is 5.69. The van der Waals surface area contributed by atoms with E-state index in [0.717, 1.165) is 12.5 Å². The second-order valence-electron chi connectivity index (χ2n) is 7.60. The first-order chi connectivity index (χ1) is 15.3. The topological polar surface area (TPSA) is 76.7 Å². The molecule has 0 spiro atoms. The predicted molar refractivity (Wildman–Crippen MR) is 116 cm³/mol. The zero-order valence-corrected chi connectivity index (χ0v) is 18.4. The molecular formula is C23H25ClF2N2O4. The van der Waals surface area contributed by atoms with Crippen LogP contribution < -0.4 is 15.4 Å². The van der Waals surface area contributed by atoms with Crippen LogP contribution in [0.4, 0.5) is 8.78 Å². The van der Waals surface area contributed by atoms with Gasteiger partial charge in [0.1, 0.15) is 23.5 Å². The number of fused-ring (bicyclic) bond motifs is 4. The lowest BCUT2D eigenvalue weighted by Crippen LogP contribution is -2.39. The number of benzene rings is 1. The molecule has 3 aliphatic rings. The van der Waals surface area contributed by atoms with Gasteiger partial charge in [-0.3, -0.25) is 9.59 Å². The second-order valence-corrected chi connectivity index (χ2v) is 8.01. The number of methoxy groups -OCH3 is 1. The number of ether oxygens (including phenoxy) is 2. The Morgan fingerprint density at radius 3 is 2.81 bits per heavy atom. The Morgan fingerprint density at radius 2 is 2.09 bits per heavy atom. The van der Waals surface area contributed by atoms with E-state index in [0.29, 0.717) is 35.4 Å². The van der Waals surface area contributed by atoms with Gasteiger partial charge in [0.15, 0.2) is 6.61 Å². The van der Waals surface area contributed by atoms with Crippen molar-refractivity contribution >= 4 is 23.4 Å². The van der Waals surface area contributed by atoms with Crippen molar-refractivity contribution in [1.82, 2.24) is 10.6 Å². The van der Waals surface area contributed by atoms with Crippen molar-refractivity contribution in [2.75, 3.05) is 20.3 Å². The molecule has 1 aromatic carbocycles. The highest BCUT2D eigenvalue weighted by Gasteiger charge is 2.40. The SMILES string of the molecule is C=C(CCNC(=O)COc1ccc(Cl)c(F)c1)NC(=O)C1C2=CC(OC)=C(CCC2)C1F. The number of carbonyl (C=O) groups is 2. The molecule has 6 nitrogen and oxygen atoms in total. The van der Waals surface area contributed by atoms with Crippen LogP contribution in [0.3, 0.4) is 0 Å². The molecule has 2 N–H and O–H groups in total. The highest BCUT2D eigenvalue weighted by atomic mass is 35.5. The zero-order chi connectivity index (χ0) is 23.3. The van der Waals surface area contributed by atoms with E-state index in [4.69, 9.17) is 21.1 Å². The standard InChI is InChI=1S/C23H25ClF2N2O4/c1-13(8-9-27-20(29)12-32-15-6-7-17(24)18(25)11-15)28-23(30)21-14-4-3-5-16(22(21)26)19(10-14)31-2/h6-7,10-11,21-22H,1,3-5,8-9,12H2,2H3,(H,27,29)(H,28,30). The largest absolute Gasteiger partial charge is 0.497 e. The van der Waals surface area contributed by atoms with Crippen molar-refractivity contribution in [2.45, 2.75) is 31.9 Å². The van der Waals surface area contributed by atoms with E-state index in [2.05, 4.69) is 17.2 Å². The Labute approximate surface area is 190 Å². The molecule has 2 amide bonds. The smallest absolute Gasteiger partial charge is 0.257 e. The molecule has 32 heavy (non-hydrogen) atoms. The molecule has 1 aromatic rings. The maximum absolute atomic E-state index is 15.0. The fourth-order valence-electron chi connectivity index (χ4n) is 3.77. The fourth-order valence-corrected chi connectivity index (χ4v) is 3.89. The third-order valence-electron chi connectivity index (χ3n) is 5.38. The van der Waals surface area contributed by atoms with Gasteiger partial charge in [-0.25, -0.2) is 8.78 Å². The van der Waals surface area contributed by atoms with Crippen LogP contribution in [0.2, 0.25) is 5.02 Å². The van der Waals surface area contributed by atoms with Gasteiger partial charge in [-0.05, 0) is 37.5 Å². The highest BCUT2D eigenvalue weighted by molar-refractivity contribution is 6.30. The van der Waals surface area contributed by atoms with Crippen LogP contribution in [0.25, 0.3) is 0 Å². The quantitative estimate of drug-likeness (QED) is 0.577.